The van der Waals surface area contributed by atoms with Crippen molar-refractivity contribution in [3.8, 4) is 0 Å². The zero-order valence-corrected chi connectivity index (χ0v) is 9.80. The number of nitrogens with one attached hydrogen (secondary N) is 2. The van der Waals surface area contributed by atoms with E-state index in [1.807, 2.05) is 7.05 Å². The van der Waals surface area contributed by atoms with Crippen molar-refractivity contribution in [3.05, 3.63) is 11.3 Å². The second kappa shape index (κ2) is 4.23. The molecule has 1 aliphatic heterocycles. The predicted molar refractivity (Wildman–Crippen MR) is 62.4 cm³/mol. The summed E-state index contributed by atoms with van der Waals surface area (Å²) in [5.74, 6) is 1.20. The van der Waals surface area contributed by atoms with Crippen LogP contribution in [0.2, 0.25) is 0 Å². The van der Waals surface area contributed by atoms with Gasteiger partial charge in [0.15, 0.2) is 0 Å². The van der Waals surface area contributed by atoms with Crippen molar-refractivity contribution in [2.24, 2.45) is 0 Å². The van der Waals surface area contributed by atoms with Crippen molar-refractivity contribution in [2.75, 3.05) is 25.5 Å². The van der Waals surface area contributed by atoms with Crippen LogP contribution in [-0.4, -0.2) is 29.9 Å². The van der Waals surface area contributed by atoms with Gasteiger partial charge in [-0.25, -0.2) is 4.68 Å². The Kier molecular flexibility index (Phi) is 2.95. The third kappa shape index (κ3) is 1.86. The Morgan fingerprint density at radius 1 is 1.33 bits per heavy atom. The quantitative estimate of drug-likeness (QED) is 0.767. The summed E-state index contributed by atoms with van der Waals surface area (Å²) in [6, 6.07) is 0.423. The van der Waals surface area contributed by atoms with Gasteiger partial charge in [-0.15, -0.1) is 0 Å². The molecule has 0 amide bonds. The normalized spacial score (nSPS) is 16.3. The van der Waals surface area contributed by atoms with Crippen molar-refractivity contribution < 1.29 is 0 Å². The minimum Gasteiger partial charge on any atom is -0.373 e. The average Bonchev–Trinajstić information content (AvgIpc) is 2.40. The molecule has 1 aliphatic rings. The van der Waals surface area contributed by atoms with E-state index in [2.05, 4.69) is 29.2 Å². The van der Waals surface area contributed by atoms with Crippen LogP contribution in [0, 0.1) is 0 Å². The van der Waals surface area contributed by atoms with Gasteiger partial charge in [0.1, 0.15) is 5.82 Å². The minimum absolute atomic E-state index is 0.423. The van der Waals surface area contributed by atoms with Crippen LogP contribution in [0.1, 0.15) is 31.1 Å². The van der Waals surface area contributed by atoms with Crippen LogP contribution in [0.15, 0.2) is 0 Å². The van der Waals surface area contributed by atoms with Gasteiger partial charge in [0.05, 0.1) is 5.69 Å². The molecule has 0 radical (unpaired) electrons. The van der Waals surface area contributed by atoms with Gasteiger partial charge in [-0.2, -0.15) is 5.10 Å². The molecule has 0 unspecified atom stereocenters. The molecule has 15 heavy (non-hydrogen) atoms. The second-order valence-electron chi connectivity index (χ2n) is 4.31. The van der Waals surface area contributed by atoms with E-state index in [-0.39, 0.29) is 0 Å². The first-order valence-corrected chi connectivity index (χ1v) is 5.72. The van der Waals surface area contributed by atoms with E-state index in [9.17, 15) is 0 Å². The third-order valence-electron chi connectivity index (χ3n) is 2.91. The first-order chi connectivity index (χ1) is 7.24. The second-order valence-corrected chi connectivity index (χ2v) is 4.31. The summed E-state index contributed by atoms with van der Waals surface area (Å²) in [4.78, 5) is 0. The number of fused-ring (bicyclic) bond motifs is 1. The van der Waals surface area contributed by atoms with E-state index >= 15 is 0 Å². The summed E-state index contributed by atoms with van der Waals surface area (Å²) in [6.45, 7) is 6.45. The molecule has 0 saturated carbocycles. The van der Waals surface area contributed by atoms with Crippen LogP contribution < -0.4 is 10.6 Å². The average molecular weight is 208 g/mol. The monoisotopic (exact) mass is 208 g/mol. The lowest BCUT2D eigenvalue weighted by molar-refractivity contribution is 0.530. The molecule has 2 N–H and O–H groups in total. The summed E-state index contributed by atoms with van der Waals surface area (Å²) in [7, 11) is 1.98. The Hall–Kier alpha value is -1.03. The molecule has 0 aliphatic carbocycles. The number of rotatable bonds is 2. The lowest BCUT2D eigenvalue weighted by atomic mass is 10.1. The Labute approximate surface area is 91.1 Å². The molecule has 0 saturated heterocycles. The van der Waals surface area contributed by atoms with Crippen LogP contribution >= 0.6 is 0 Å². The SMILES string of the molecule is CNc1c2c(nn1C(C)C)CCNCC2. The van der Waals surface area contributed by atoms with Crippen LogP contribution in [0.4, 0.5) is 5.82 Å². The summed E-state index contributed by atoms with van der Waals surface area (Å²) in [6.07, 6.45) is 2.13. The van der Waals surface area contributed by atoms with E-state index in [1.54, 1.807) is 0 Å². The largest absolute Gasteiger partial charge is 0.373 e. The lowest BCUT2D eigenvalue weighted by Gasteiger charge is -2.11. The van der Waals surface area contributed by atoms with Crippen LogP contribution in [-0.2, 0) is 12.8 Å². The fourth-order valence-corrected chi connectivity index (χ4v) is 2.16. The number of hydrogen-bond donors (Lipinski definition) is 2. The highest BCUT2D eigenvalue weighted by Crippen LogP contribution is 2.24. The Balaban J connectivity index is 2.43. The van der Waals surface area contributed by atoms with Crippen molar-refractivity contribution in [3.63, 3.8) is 0 Å². The third-order valence-corrected chi connectivity index (χ3v) is 2.91. The summed E-state index contributed by atoms with van der Waals surface area (Å²) in [5, 5.41) is 11.4. The van der Waals surface area contributed by atoms with E-state index < -0.39 is 0 Å². The summed E-state index contributed by atoms with van der Waals surface area (Å²) in [5.41, 5.74) is 2.66. The summed E-state index contributed by atoms with van der Waals surface area (Å²) >= 11 is 0. The van der Waals surface area contributed by atoms with Crippen molar-refractivity contribution in [2.45, 2.75) is 32.7 Å². The van der Waals surface area contributed by atoms with Gasteiger partial charge in [-0.1, -0.05) is 0 Å². The maximum atomic E-state index is 4.70. The molecular formula is C11H20N4. The molecule has 1 aromatic rings. The van der Waals surface area contributed by atoms with Crippen LogP contribution in [0.5, 0.6) is 0 Å². The van der Waals surface area contributed by atoms with E-state index in [0.717, 1.165) is 25.9 Å². The van der Waals surface area contributed by atoms with E-state index in [4.69, 9.17) is 5.10 Å². The van der Waals surface area contributed by atoms with E-state index in [0.29, 0.717) is 6.04 Å². The lowest BCUT2D eigenvalue weighted by Crippen LogP contribution is -2.17. The van der Waals surface area contributed by atoms with Gasteiger partial charge in [-0.3, -0.25) is 0 Å². The van der Waals surface area contributed by atoms with Gasteiger partial charge in [-0.05, 0) is 26.8 Å². The minimum atomic E-state index is 0.423. The Bertz CT molecular complexity index is 341. The van der Waals surface area contributed by atoms with Gasteiger partial charge < -0.3 is 10.6 Å². The van der Waals surface area contributed by atoms with Crippen LogP contribution in [0.25, 0.3) is 0 Å². The molecular weight excluding hydrogens is 188 g/mol. The zero-order chi connectivity index (χ0) is 10.8. The number of hydrogen-bond acceptors (Lipinski definition) is 3. The molecule has 84 valence electrons. The molecule has 0 aromatic carbocycles. The predicted octanol–water partition coefficient (Wildman–Crippen LogP) is 1.19. The molecule has 2 rings (SSSR count). The van der Waals surface area contributed by atoms with Crippen molar-refractivity contribution >= 4 is 5.82 Å². The summed E-state index contributed by atoms with van der Waals surface area (Å²) < 4.78 is 2.11. The van der Waals surface area contributed by atoms with Gasteiger partial charge in [0.25, 0.3) is 0 Å². The first-order valence-electron chi connectivity index (χ1n) is 5.72. The molecule has 1 aromatic heterocycles. The maximum Gasteiger partial charge on any atom is 0.127 e. The number of nitrogens with zero attached hydrogens (tertiary/aromatic N) is 2. The van der Waals surface area contributed by atoms with Crippen LogP contribution in [0.3, 0.4) is 0 Å². The fourth-order valence-electron chi connectivity index (χ4n) is 2.16. The molecule has 4 nitrogen and oxygen atoms in total. The molecule has 4 heteroatoms. The zero-order valence-electron chi connectivity index (χ0n) is 9.80. The highest BCUT2D eigenvalue weighted by atomic mass is 15.3. The van der Waals surface area contributed by atoms with E-state index in [1.165, 1.54) is 17.1 Å². The fraction of sp³-hybridized carbons (Fsp3) is 0.727. The molecule has 0 fully saturated rings. The molecule has 2 heterocycles. The first kappa shape index (κ1) is 10.5. The molecule has 0 atom stereocenters. The molecule has 0 spiro atoms. The van der Waals surface area contributed by atoms with Gasteiger partial charge in [0, 0.05) is 31.6 Å². The van der Waals surface area contributed by atoms with Crippen molar-refractivity contribution in [1.29, 1.82) is 0 Å². The van der Waals surface area contributed by atoms with Crippen molar-refractivity contribution in [1.82, 2.24) is 15.1 Å². The highest BCUT2D eigenvalue weighted by Gasteiger charge is 2.19. The standard InChI is InChI=1S/C11H20N4/c1-8(2)15-11(12-3)9-4-6-13-7-5-10(9)14-15/h8,12-13H,4-7H2,1-3H3. The Morgan fingerprint density at radius 3 is 2.73 bits per heavy atom. The number of aromatic nitrogens is 2. The Morgan fingerprint density at radius 2 is 2.07 bits per heavy atom. The highest BCUT2D eigenvalue weighted by molar-refractivity contribution is 5.48. The van der Waals surface area contributed by atoms with Gasteiger partial charge >= 0.3 is 0 Å². The topological polar surface area (TPSA) is 41.9 Å². The van der Waals surface area contributed by atoms with Gasteiger partial charge in [0.2, 0.25) is 0 Å². The maximum absolute atomic E-state index is 4.70. The number of anilines is 1. The molecule has 0 bridgehead atoms. The smallest absolute Gasteiger partial charge is 0.127 e.